The van der Waals surface area contributed by atoms with Crippen LogP contribution in [-0.2, 0) is 38.9 Å². The maximum Gasteiger partial charge on any atom is 2.00 e. The standard InChI is InChI=1S/C19H16OS.2C5H5.2Fe/c1-13-9-11-15(12-10-13)21-18-8-4-7-17(18)19(20)16-6-3-5-14(16)2;2*1-2-4-5-3-1;;/h3-12H,1-2H3;2*1-5H;;/q;;;2*+2. The van der Waals surface area contributed by atoms with Crippen LogP contribution in [0.2, 0.25) is 0 Å². The van der Waals surface area contributed by atoms with Gasteiger partial charge in [-0.1, -0.05) is 24.6 Å². The van der Waals surface area contributed by atoms with E-state index >= 15 is 0 Å². The van der Waals surface area contributed by atoms with E-state index in [1.807, 2.05) is 110 Å². The van der Waals surface area contributed by atoms with Gasteiger partial charge in [-0.25, -0.2) is 0 Å². The molecule has 20 radical (unpaired) electrons. The Morgan fingerprint density at radius 3 is 1.48 bits per heavy atom. The van der Waals surface area contributed by atoms with Gasteiger partial charge in [-0.2, -0.15) is 0 Å². The van der Waals surface area contributed by atoms with Gasteiger partial charge >= 0.3 is 34.1 Å². The van der Waals surface area contributed by atoms with Crippen LogP contribution in [0.4, 0.5) is 0 Å². The molecule has 0 heterocycles. The van der Waals surface area contributed by atoms with Gasteiger partial charge in [0.1, 0.15) is 5.78 Å². The minimum Gasteiger partial charge on any atom is -0.298 e. The van der Waals surface area contributed by atoms with Crippen LogP contribution in [0.15, 0.2) is 29.2 Å². The van der Waals surface area contributed by atoms with Gasteiger partial charge in [0, 0.05) is 4.90 Å². The molecule has 166 valence electrons. The molecule has 0 N–H and O–H groups in total. The zero-order valence-corrected chi connectivity index (χ0v) is 21.6. The van der Waals surface area contributed by atoms with Crippen LogP contribution in [0.25, 0.3) is 0 Å². The predicted molar refractivity (Wildman–Crippen MR) is 129 cm³/mol. The Morgan fingerprint density at radius 1 is 0.576 bits per heavy atom. The molecule has 0 amide bonds. The van der Waals surface area contributed by atoms with Crippen molar-refractivity contribution in [2.75, 3.05) is 0 Å². The number of carbonyl (C=O) groups is 1. The summed E-state index contributed by atoms with van der Waals surface area (Å²) in [5.74, 6) is 2.73. The molecule has 1 aromatic rings. The number of ketones is 1. The molecule has 4 aliphatic rings. The van der Waals surface area contributed by atoms with Crippen molar-refractivity contribution in [3.8, 4) is 0 Å². The van der Waals surface area contributed by atoms with Gasteiger partial charge in [-0.3, -0.25) is 4.79 Å². The van der Waals surface area contributed by atoms with Gasteiger partial charge in [-0.15, -0.1) is 11.8 Å². The van der Waals surface area contributed by atoms with Crippen molar-refractivity contribution in [1.29, 1.82) is 0 Å². The second kappa shape index (κ2) is 17.7. The Balaban J connectivity index is 0.000000375. The van der Waals surface area contributed by atoms with Crippen LogP contribution in [0.5, 0.6) is 0 Å². The molecule has 4 saturated carbocycles. The van der Waals surface area contributed by atoms with Crippen molar-refractivity contribution in [2.45, 2.75) is 18.7 Å². The Morgan fingerprint density at radius 2 is 1.03 bits per heavy atom. The summed E-state index contributed by atoms with van der Waals surface area (Å²) in [4.78, 5) is 13.8. The van der Waals surface area contributed by atoms with E-state index in [1.165, 1.54) is 5.56 Å². The maximum absolute atomic E-state index is 12.6. The van der Waals surface area contributed by atoms with Gasteiger partial charge in [-0.05, 0) is 128 Å². The summed E-state index contributed by atoms with van der Waals surface area (Å²) in [7, 11) is 0. The van der Waals surface area contributed by atoms with E-state index in [-0.39, 0.29) is 39.9 Å². The summed E-state index contributed by atoms with van der Waals surface area (Å²) in [6.45, 7) is 4.05. The Labute approximate surface area is 229 Å². The van der Waals surface area contributed by atoms with E-state index in [1.54, 1.807) is 11.8 Å². The van der Waals surface area contributed by atoms with Crippen molar-refractivity contribution in [1.82, 2.24) is 0 Å². The molecular weight excluding hydrogens is 508 g/mol. The van der Waals surface area contributed by atoms with Crippen LogP contribution < -0.4 is 0 Å². The fraction of sp³-hybridized carbons (Fsp3) is 0.0690. The molecule has 0 atom stereocenters. The van der Waals surface area contributed by atoms with Crippen LogP contribution in [-0.4, -0.2) is 5.78 Å². The molecule has 4 fully saturated rings. The summed E-state index contributed by atoms with van der Waals surface area (Å²) in [6, 6.07) is 8.37. The maximum atomic E-state index is 12.6. The number of hydrogen-bond donors (Lipinski definition) is 0. The molecule has 0 spiro atoms. The van der Waals surface area contributed by atoms with Crippen molar-refractivity contribution in [2.24, 2.45) is 0 Å². The number of hydrogen-bond acceptors (Lipinski definition) is 2. The molecule has 4 heteroatoms. The normalized spacial score (nSPS) is 21.4. The number of aryl methyl sites for hydroxylation is 1. The molecule has 0 unspecified atom stereocenters. The van der Waals surface area contributed by atoms with Crippen LogP contribution >= 0.6 is 11.8 Å². The third kappa shape index (κ3) is 10.8. The first-order chi connectivity index (χ1) is 15.1. The number of thioether (sulfide) groups is 1. The first-order valence-corrected chi connectivity index (χ1v) is 11.1. The summed E-state index contributed by atoms with van der Waals surface area (Å²) in [6.07, 6.45) is 31.7. The Hall–Kier alpha value is 0.279. The van der Waals surface area contributed by atoms with Crippen molar-refractivity contribution in [3.05, 3.63) is 156 Å². The Kier molecular flexibility index (Phi) is 16.8. The first-order valence-electron chi connectivity index (χ1n) is 10.3. The number of rotatable bonds is 4. The van der Waals surface area contributed by atoms with Crippen molar-refractivity contribution in [3.63, 3.8) is 0 Å². The monoisotopic (exact) mass is 534 g/mol. The van der Waals surface area contributed by atoms with Crippen molar-refractivity contribution < 1.29 is 38.9 Å². The fourth-order valence-corrected chi connectivity index (χ4v) is 3.91. The minimum absolute atomic E-state index is 0. The molecule has 1 nitrogen and oxygen atoms in total. The second-order valence-electron chi connectivity index (χ2n) is 7.09. The molecule has 0 aromatic heterocycles. The zero-order valence-electron chi connectivity index (χ0n) is 18.6. The number of benzene rings is 1. The SMILES string of the molecule is C[C]1[CH][CH][CH][C]1C(=O)[C]1[CH][CH][CH][C]1Sc1ccc(C)cc1.[CH]1[CH][CH][CH][CH]1.[CH]1[CH][CH][CH][CH]1.[Fe+2].[Fe+2]. The van der Waals surface area contributed by atoms with E-state index in [9.17, 15) is 4.79 Å². The molecule has 33 heavy (non-hydrogen) atoms. The van der Waals surface area contributed by atoms with E-state index in [0.717, 1.165) is 27.9 Å². The molecule has 0 saturated heterocycles. The van der Waals surface area contributed by atoms with E-state index in [2.05, 4.69) is 31.2 Å². The topological polar surface area (TPSA) is 17.1 Å². The average Bonchev–Trinajstić information content (AvgIpc) is 3.59. The van der Waals surface area contributed by atoms with Gasteiger partial charge in [0.25, 0.3) is 0 Å². The van der Waals surface area contributed by atoms with Crippen LogP contribution in [0.1, 0.15) is 12.5 Å². The van der Waals surface area contributed by atoms with Gasteiger partial charge in [0.2, 0.25) is 0 Å². The largest absolute Gasteiger partial charge is 2.00 e. The first kappa shape index (κ1) is 31.3. The summed E-state index contributed by atoms with van der Waals surface area (Å²) in [5, 5.41) is 1.02. The summed E-state index contributed by atoms with van der Waals surface area (Å²) >= 11 is 1.64. The number of Topliss-reactive ketones (excluding diaryl/α,β-unsaturated/α-hetero) is 1. The number of carbonyl (C=O) groups excluding carboxylic acids is 1. The smallest absolute Gasteiger partial charge is 0.298 e. The van der Waals surface area contributed by atoms with Gasteiger partial charge < -0.3 is 0 Å². The van der Waals surface area contributed by atoms with E-state index in [0.29, 0.717) is 0 Å². The second-order valence-corrected chi connectivity index (χ2v) is 8.21. The molecule has 4 aliphatic carbocycles. The Bertz CT molecular complexity index is 614. The van der Waals surface area contributed by atoms with Crippen LogP contribution in [0.3, 0.4) is 0 Å². The predicted octanol–water partition coefficient (Wildman–Crippen LogP) is 6.22. The van der Waals surface area contributed by atoms with E-state index in [4.69, 9.17) is 0 Å². The third-order valence-electron chi connectivity index (χ3n) is 4.66. The molecule has 1 aromatic carbocycles. The molecular formula is C29H26Fe2OS+4. The van der Waals surface area contributed by atoms with Crippen LogP contribution in [0, 0.1) is 133 Å². The van der Waals surface area contributed by atoms with Gasteiger partial charge in [0.15, 0.2) is 0 Å². The third-order valence-corrected chi connectivity index (χ3v) is 5.74. The quantitative estimate of drug-likeness (QED) is 0.427. The van der Waals surface area contributed by atoms with Crippen molar-refractivity contribution >= 4 is 17.5 Å². The van der Waals surface area contributed by atoms with E-state index < -0.39 is 0 Å². The summed E-state index contributed by atoms with van der Waals surface area (Å²) < 4.78 is 0. The molecule has 5 rings (SSSR count). The minimum atomic E-state index is 0. The summed E-state index contributed by atoms with van der Waals surface area (Å²) in [5.41, 5.74) is 1.24. The zero-order chi connectivity index (χ0) is 21.9. The fourth-order valence-electron chi connectivity index (χ4n) is 2.96. The average molecular weight is 534 g/mol. The van der Waals surface area contributed by atoms with Gasteiger partial charge in [0.05, 0.1) is 17.1 Å². The molecule has 0 aliphatic heterocycles. The molecule has 0 bridgehead atoms.